The van der Waals surface area contributed by atoms with Gasteiger partial charge in [0.05, 0.1) is 19.7 Å². The molecule has 1 atom stereocenters. The van der Waals surface area contributed by atoms with E-state index in [0.717, 1.165) is 11.3 Å². The fourth-order valence-corrected chi connectivity index (χ4v) is 1.82. The summed E-state index contributed by atoms with van der Waals surface area (Å²) < 4.78 is 10.2. The number of nitrogens with zero attached hydrogens (tertiary/aromatic N) is 1. The standard InChI is InChI=1S/C14H16N2O4/c1-10(11-3-5-12(19-2)6-4-11)15-9-13-7-8-14(20-13)16(17)18/h3-8,10,15H,9H2,1-2H3. The molecule has 2 rings (SSSR count). The van der Waals surface area contributed by atoms with Crippen molar-refractivity contribution in [1.82, 2.24) is 5.32 Å². The van der Waals surface area contributed by atoms with Gasteiger partial charge in [-0.05, 0) is 30.7 Å². The van der Waals surface area contributed by atoms with Crippen LogP contribution in [0, 0.1) is 10.1 Å². The Hall–Kier alpha value is -2.34. The molecule has 0 bridgehead atoms. The Morgan fingerprint density at radius 2 is 2.00 bits per heavy atom. The van der Waals surface area contributed by atoms with E-state index in [4.69, 9.17) is 9.15 Å². The van der Waals surface area contributed by atoms with Crippen molar-refractivity contribution in [2.24, 2.45) is 0 Å². The predicted octanol–water partition coefficient (Wildman–Crippen LogP) is 3.05. The summed E-state index contributed by atoms with van der Waals surface area (Å²) >= 11 is 0. The molecule has 2 aromatic rings. The zero-order valence-electron chi connectivity index (χ0n) is 11.3. The molecule has 106 valence electrons. The highest BCUT2D eigenvalue weighted by molar-refractivity contribution is 5.28. The van der Waals surface area contributed by atoms with Crippen molar-refractivity contribution >= 4 is 5.88 Å². The lowest BCUT2D eigenvalue weighted by Crippen LogP contribution is -2.17. The molecule has 0 saturated heterocycles. The molecule has 1 heterocycles. The molecular weight excluding hydrogens is 260 g/mol. The van der Waals surface area contributed by atoms with Crippen LogP contribution in [0.2, 0.25) is 0 Å². The average Bonchev–Trinajstić information content (AvgIpc) is 2.94. The molecule has 0 aliphatic carbocycles. The van der Waals surface area contributed by atoms with Gasteiger partial charge in [0.2, 0.25) is 0 Å². The zero-order valence-corrected chi connectivity index (χ0v) is 11.3. The minimum Gasteiger partial charge on any atom is -0.497 e. The smallest absolute Gasteiger partial charge is 0.433 e. The molecule has 6 nitrogen and oxygen atoms in total. The van der Waals surface area contributed by atoms with Crippen molar-refractivity contribution in [3.05, 3.63) is 57.8 Å². The van der Waals surface area contributed by atoms with Crippen molar-refractivity contribution in [3.8, 4) is 5.75 Å². The Morgan fingerprint density at radius 1 is 1.30 bits per heavy atom. The fraction of sp³-hybridized carbons (Fsp3) is 0.286. The zero-order chi connectivity index (χ0) is 14.5. The summed E-state index contributed by atoms with van der Waals surface area (Å²) in [7, 11) is 1.63. The van der Waals surface area contributed by atoms with E-state index in [1.165, 1.54) is 6.07 Å². The Balaban J connectivity index is 1.93. The van der Waals surface area contributed by atoms with Crippen LogP contribution < -0.4 is 10.1 Å². The lowest BCUT2D eigenvalue weighted by Gasteiger charge is -2.13. The summed E-state index contributed by atoms with van der Waals surface area (Å²) in [6.07, 6.45) is 0. The molecule has 0 spiro atoms. The number of benzene rings is 1. The summed E-state index contributed by atoms with van der Waals surface area (Å²) in [5.41, 5.74) is 1.10. The van der Waals surface area contributed by atoms with Gasteiger partial charge in [-0.2, -0.15) is 0 Å². The number of methoxy groups -OCH3 is 1. The van der Waals surface area contributed by atoms with E-state index >= 15 is 0 Å². The van der Waals surface area contributed by atoms with E-state index in [1.807, 2.05) is 31.2 Å². The third-order valence-electron chi connectivity index (χ3n) is 3.03. The molecule has 1 N–H and O–H groups in total. The Morgan fingerprint density at radius 3 is 2.55 bits per heavy atom. The van der Waals surface area contributed by atoms with Gasteiger partial charge in [-0.3, -0.25) is 10.1 Å². The second kappa shape index (κ2) is 6.21. The first-order valence-corrected chi connectivity index (χ1v) is 6.20. The van der Waals surface area contributed by atoms with Crippen LogP contribution in [0.3, 0.4) is 0 Å². The van der Waals surface area contributed by atoms with Crippen molar-refractivity contribution < 1.29 is 14.1 Å². The molecule has 0 fully saturated rings. The van der Waals surface area contributed by atoms with Crippen LogP contribution in [0.1, 0.15) is 24.3 Å². The summed E-state index contributed by atoms with van der Waals surface area (Å²) in [6.45, 7) is 2.44. The second-order valence-corrected chi connectivity index (χ2v) is 4.37. The molecule has 1 aromatic carbocycles. The van der Waals surface area contributed by atoms with E-state index in [2.05, 4.69) is 5.32 Å². The Labute approximate surface area is 116 Å². The number of furan rings is 1. The van der Waals surface area contributed by atoms with Gasteiger partial charge in [-0.25, -0.2) is 0 Å². The van der Waals surface area contributed by atoms with Gasteiger partial charge < -0.3 is 14.5 Å². The monoisotopic (exact) mass is 276 g/mol. The number of rotatable bonds is 6. The van der Waals surface area contributed by atoms with Crippen LogP contribution in [0.15, 0.2) is 40.8 Å². The molecule has 1 aromatic heterocycles. The van der Waals surface area contributed by atoms with Crippen molar-refractivity contribution in [1.29, 1.82) is 0 Å². The van der Waals surface area contributed by atoms with Crippen molar-refractivity contribution in [3.63, 3.8) is 0 Å². The van der Waals surface area contributed by atoms with Crippen LogP contribution in [-0.2, 0) is 6.54 Å². The normalized spacial score (nSPS) is 12.1. The first-order valence-electron chi connectivity index (χ1n) is 6.20. The fourth-order valence-electron chi connectivity index (χ4n) is 1.82. The number of ether oxygens (including phenoxy) is 1. The van der Waals surface area contributed by atoms with Crippen LogP contribution >= 0.6 is 0 Å². The molecule has 0 radical (unpaired) electrons. The maximum absolute atomic E-state index is 10.5. The van der Waals surface area contributed by atoms with Gasteiger partial charge in [-0.1, -0.05) is 12.1 Å². The number of nitrogens with one attached hydrogen (secondary N) is 1. The van der Waals surface area contributed by atoms with Crippen LogP contribution in [0.5, 0.6) is 5.75 Å². The summed E-state index contributed by atoms with van der Waals surface area (Å²) in [5.74, 6) is 1.11. The highest BCUT2D eigenvalue weighted by Gasteiger charge is 2.12. The minimum atomic E-state index is -0.545. The van der Waals surface area contributed by atoms with E-state index in [1.54, 1.807) is 13.2 Å². The maximum atomic E-state index is 10.5. The maximum Gasteiger partial charge on any atom is 0.433 e. The molecule has 0 amide bonds. The second-order valence-electron chi connectivity index (χ2n) is 4.37. The van der Waals surface area contributed by atoms with E-state index in [0.29, 0.717) is 12.3 Å². The van der Waals surface area contributed by atoms with Crippen molar-refractivity contribution in [2.75, 3.05) is 7.11 Å². The molecule has 0 saturated carbocycles. The quantitative estimate of drug-likeness (QED) is 0.648. The summed E-state index contributed by atoms with van der Waals surface area (Å²) in [5, 5.41) is 13.8. The van der Waals surface area contributed by atoms with E-state index < -0.39 is 4.92 Å². The van der Waals surface area contributed by atoms with Gasteiger partial charge in [0.15, 0.2) is 0 Å². The first kappa shape index (κ1) is 14.1. The average molecular weight is 276 g/mol. The molecule has 0 aliphatic heterocycles. The summed E-state index contributed by atoms with van der Waals surface area (Å²) in [4.78, 5) is 9.97. The van der Waals surface area contributed by atoms with Crippen LogP contribution in [0.4, 0.5) is 5.88 Å². The lowest BCUT2D eigenvalue weighted by molar-refractivity contribution is -0.402. The highest BCUT2D eigenvalue weighted by Crippen LogP contribution is 2.19. The van der Waals surface area contributed by atoms with Crippen molar-refractivity contribution in [2.45, 2.75) is 19.5 Å². The van der Waals surface area contributed by atoms with E-state index in [9.17, 15) is 10.1 Å². The number of nitro groups is 1. The first-order chi connectivity index (χ1) is 9.60. The molecule has 6 heteroatoms. The molecule has 1 unspecified atom stereocenters. The van der Waals surface area contributed by atoms with Gasteiger partial charge in [-0.15, -0.1) is 0 Å². The van der Waals surface area contributed by atoms with Gasteiger partial charge >= 0.3 is 5.88 Å². The Bertz CT molecular complexity index is 577. The van der Waals surface area contributed by atoms with Crippen LogP contribution in [-0.4, -0.2) is 12.0 Å². The lowest BCUT2D eigenvalue weighted by atomic mass is 10.1. The number of hydrogen-bond donors (Lipinski definition) is 1. The highest BCUT2D eigenvalue weighted by atomic mass is 16.6. The van der Waals surface area contributed by atoms with Crippen LogP contribution in [0.25, 0.3) is 0 Å². The number of hydrogen-bond acceptors (Lipinski definition) is 5. The SMILES string of the molecule is COc1ccc(C(C)NCc2ccc([N+](=O)[O-])o2)cc1. The minimum absolute atomic E-state index is 0.102. The van der Waals surface area contributed by atoms with Gasteiger partial charge in [0, 0.05) is 6.04 Å². The largest absolute Gasteiger partial charge is 0.497 e. The van der Waals surface area contributed by atoms with E-state index in [-0.39, 0.29) is 11.9 Å². The van der Waals surface area contributed by atoms with Gasteiger partial charge in [0.1, 0.15) is 16.4 Å². The predicted molar refractivity (Wildman–Crippen MR) is 73.6 cm³/mol. The molecule has 0 aliphatic rings. The topological polar surface area (TPSA) is 77.5 Å². The molecular formula is C14H16N2O4. The third-order valence-corrected chi connectivity index (χ3v) is 3.03. The summed E-state index contributed by atoms with van der Waals surface area (Å²) in [6, 6.07) is 10.8. The Kier molecular flexibility index (Phi) is 4.37. The third kappa shape index (κ3) is 3.36. The van der Waals surface area contributed by atoms with Gasteiger partial charge in [0.25, 0.3) is 0 Å². The molecule has 20 heavy (non-hydrogen) atoms.